The largest absolute Gasteiger partial charge is 0.489 e. The van der Waals surface area contributed by atoms with Crippen molar-refractivity contribution in [1.29, 1.82) is 0 Å². The molecule has 0 heterocycles. The lowest BCUT2D eigenvalue weighted by Gasteiger charge is -2.15. The summed E-state index contributed by atoms with van der Waals surface area (Å²) in [7, 11) is -1.45. The van der Waals surface area contributed by atoms with Gasteiger partial charge in [0.2, 0.25) is 0 Å². The molecule has 0 aliphatic rings. The summed E-state index contributed by atoms with van der Waals surface area (Å²) in [6.07, 6.45) is 0. The lowest BCUT2D eigenvalue weighted by atomic mass is 9.74. The van der Waals surface area contributed by atoms with Crippen molar-refractivity contribution < 1.29 is 14.8 Å². The molecule has 0 aliphatic carbocycles. The van der Waals surface area contributed by atoms with E-state index in [0.29, 0.717) is 12.1 Å². The fraction of sp³-hybridized carbons (Fsp3) is 0.250. The SMILES string of the molecule is CC(C)c1cc(OCc2ccccc2)ccc1B(O)O. The predicted octanol–water partition coefficient (Wildman–Crippen LogP) is 2.07. The molecule has 0 bridgehead atoms. The average Bonchev–Trinajstić information content (AvgIpc) is 2.45. The fourth-order valence-corrected chi connectivity index (χ4v) is 2.12. The summed E-state index contributed by atoms with van der Waals surface area (Å²) >= 11 is 0. The molecule has 2 aromatic rings. The van der Waals surface area contributed by atoms with Gasteiger partial charge in [0.15, 0.2) is 0 Å². The third kappa shape index (κ3) is 3.62. The summed E-state index contributed by atoms with van der Waals surface area (Å²) < 4.78 is 5.75. The molecule has 20 heavy (non-hydrogen) atoms. The summed E-state index contributed by atoms with van der Waals surface area (Å²) in [6, 6.07) is 15.3. The molecule has 0 radical (unpaired) electrons. The van der Waals surface area contributed by atoms with Gasteiger partial charge in [-0.3, -0.25) is 0 Å². The zero-order valence-electron chi connectivity index (χ0n) is 11.8. The molecule has 0 aromatic heterocycles. The van der Waals surface area contributed by atoms with Crippen molar-refractivity contribution in [2.24, 2.45) is 0 Å². The van der Waals surface area contributed by atoms with Crippen LogP contribution in [0.25, 0.3) is 0 Å². The van der Waals surface area contributed by atoms with Gasteiger partial charge in [-0.2, -0.15) is 0 Å². The molecule has 0 amide bonds. The summed E-state index contributed by atoms with van der Waals surface area (Å²) in [5, 5.41) is 18.7. The van der Waals surface area contributed by atoms with Gasteiger partial charge >= 0.3 is 7.12 Å². The van der Waals surface area contributed by atoms with E-state index in [9.17, 15) is 10.0 Å². The first-order valence-corrected chi connectivity index (χ1v) is 6.74. The van der Waals surface area contributed by atoms with Crippen LogP contribution in [0.1, 0.15) is 30.9 Å². The molecule has 0 atom stereocenters. The molecule has 0 saturated carbocycles. The van der Waals surface area contributed by atoms with E-state index in [1.54, 1.807) is 12.1 Å². The highest BCUT2D eigenvalue weighted by atomic mass is 16.5. The van der Waals surface area contributed by atoms with Gasteiger partial charge in [-0.15, -0.1) is 0 Å². The second-order valence-corrected chi connectivity index (χ2v) is 5.09. The summed E-state index contributed by atoms with van der Waals surface area (Å²) in [6.45, 7) is 4.53. The predicted molar refractivity (Wildman–Crippen MR) is 81.1 cm³/mol. The van der Waals surface area contributed by atoms with Gasteiger partial charge in [-0.05, 0) is 34.6 Å². The minimum absolute atomic E-state index is 0.201. The van der Waals surface area contributed by atoms with E-state index in [-0.39, 0.29) is 5.92 Å². The van der Waals surface area contributed by atoms with Crippen molar-refractivity contribution >= 4 is 12.6 Å². The zero-order valence-corrected chi connectivity index (χ0v) is 11.8. The van der Waals surface area contributed by atoms with E-state index in [0.717, 1.165) is 16.9 Å². The molecule has 0 aliphatic heterocycles. The first kappa shape index (κ1) is 14.6. The lowest BCUT2D eigenvalue weighted by Crippen LogP contribution is -2.33. The molecule has 3 nitrogen and oxygen atoms in total. The molecule has 4 heteroatoms. The van der Waals surface area contributed by atoms with Crippen LogP contribution in [-0.2, 0) is 6.61 Å². The topological polar surface area (TPSA) is 49.7 Å². The number of rotatable bonds is 5. The van der Waals surface area contributed by atoms with E-state index in [1.165, 1.54) is 0 Å². The number of hydrogen-bond donors (Lipinski definition) is 2. The average molecular weight is 270 g/mol. The van der Waals surface area contributed by atoms with Gasteiger partial charge in [-0.25, -0.2) is 0 Å². The maximum atomic E-state index is 9.37. The highest BCUT2D eigenvalue weighted by Gasteiger charge is 2.18. The zero-order chi connectivity index (χ0) is 14.5. The molecular weight excluding hydrogens is 251 g/mol. The number of benzene rings is 2. The summed E-state index contributed by atoms with van der Waals surface area (Å²) in [4.78, 5) is 0. The van der Waals surface area contributed by atoms with E-state index < -0.39 is 7.12 Å². The van der Waals surface area contributed by atoms with Gasteiger partial charge in [0.1, 0.15) is 12.4 Å². The molecular formula is C16H19BO3. The molecule has 0 spiro atoms. The monoisotopic (exact) mass is 270 g/mol. The van der Waals surface area contributed by atoms with Gasteiger partial charge < -0.3 is 14.8 Å². The van der Waals surface area contributed by atoms with Gasteiger partial charge in [0, 0.05) is 0 Å². The Hall–Kier alpha value is -1.78. The van der Waals surface area contributed by atoms with Gasteiger partial charge in [0.05, 0.1) is 0 Å². The standard InChI is InChI=1S/C16H19BO3/c1-12(2)15-10-14(8-9-16(15)17(18)19)20-11-13-6-4-3-5-7-13/h3-10,12,18-19H,11H2,1-2H3. The lowest BCUT2D eigenvalue weighted by molar-refractivity contribution is 0.306. The Morgan fingerprint density at radius 1 is 1.05 bits per heavy atom. The first-order valence-electron chi connectivity index (χ1n) is 6.74. The Balaban J connectivity index is 2.15. The normalized spacial score (nSPS) is 10.7. The minimum Gasteiger partial charge on any atom is -0.489 e. The Morgan fingerprint density at radius 3 is 2.35 bits per heavy atom. The van der Waals surface area contributed by atoms with Crippen molar-refractivity contribution in [1.82, 2.24) is 0 Å². The second kappa shape index (κ2) is 6.59. The first-order chi connectivity index (χ1) is 9.58. The van der Waals surface area contributed by atoms with Crippen molar-refractivity contribution in [3.05, 3.63) is 59.7 Å². The Morgan fingerprint density at radius 2 is 1.75 bits per heavy atom. The van der Waals surface area contributed by atoms with Crippen LogP contribution in [0.5, 0.6) is 5.75 Å². The van der Waals surface area contributed by atoms with Crippen LogP contribution in [-0.4, -0.2) is 17.2 Å². The van der Waals surface area contributed by atoms with Crippen LogP contribution in [0, 0.1) is 0 Å². The van der Waals surface area contributed by atoms with Crippen LogP contribution in [0.3, 0.4) is 0 Å². The molecule has 0 saturated heterocycles. The van der Waals surface area contributed by atoms with E-state index in [1.807, 2.05) is 50.2 Å². The number of hydrogen-bond acceptors (Lipinski definition) is 3. The maximum Gasteiger partial charge on any atom is 0.488 e. The van der Waals surface area contributed by atoms with Crippen LogP contribution in [0.4, 0.5) is 0 Å². The molecule has 2 N–H and O–H groups in total. The van der Waals surface area contributed by atoms with Crippen molar-refractivity contribution in [3.63, 3.8) is 0 Å². The molecule has 2 rings (SSSR count). The Kier molecular flexibility index (Phi) is 4.82. The molecule has 104 valence electrons. The molecule has 0 unspecified atom stereocenters. The van der Waals surface area contributed by atoms with Crippen molar-refractivity contribution in [2.75, 3.05) is 0 Å². The van der Waals surface area contributed by atoms with Crippen LogP contribution >= 0.6 is 0 Å². The van der Waals surface area contributed by atoms with Crippen LogP contribution in [0.2, 0.25) is 0 Å². The smallest absolute Gasteiger partial charge is 0.488 e. The van der Waals surface area contributed by atoms with E-state index in [2.05, 4.69) is 0 Å². The summed E-state index contributed by atoms with van der Waals surface area (Å²) in [5.74, 6) is 0.939. The number of ether oxygens (including phenoxy) is 1. The van der Waals surface area contributed by atoms with Gasteiger partial charge in [0.25, 0.3) is 0 Å². The minimum atomic E-state index is -1.45. The van der Waals surface area contributed by atoms with E-state index in [4.69, 9.17) is 4.74 Å². The second-order valence-electron chi connectivity index (χ2n) is 5.09. The molecule has 2 aromatic carbocycles. The van der Waals surface area contributed by atoms with Gasteiger partial charge in [-0.1, -0.05) is 50.2 Å². The quantitative estimate of drug-likeness (QED) is 0.818. The maximum absolute atomic E-state index is 9.37. The van der Waals surface area contributed by atoms with Crippen molar-refractivity contribution in [3.8, 4) is 5.75 Å². The molecule has 0 fully saturated rings. The fourth-order valence-electron chi connectivity index (χ4n) is 2.12. The highest BCUT2D eigenvalue weighted by Crippen LogP contribution is 2.20. The van der Waals surface area contributed by atoms with Crippen LogP contribution < -0.4 is 10.2 Å². The highest BCUT2D eigenvalue weighted by molar-refractivity contribution is 6.59. The Labute approximate surface area is 120 Å². The van der Waals surface area contributed by atoms with Crippen LogP contribution in [0.15, 0.2) is 48.5 Å². The third-order valence-corrected chi connectivity index (χ3v) is 3.21. The van der Waals surface area contributed by atoms with Crippen molar-refractivity contribution in [2.45, 2.75) is 26.4 Å². The Bertz CT molecular complexity index is 553. The van der Waals surface area contributed by atoms with E-state index >= 15 is 0 Å². The third-order valence-electron chi connectivity index (χ3n) is 3.21. The summed E-state index contributed by atoms with van der Waals surface area (Å²) in [5.41, 5.74) is 2.53.